The summed E-state index contributed by atoms with van der Waals surface area (Å²) in [6, 6.07) is 21.5. The van der Waals surface area contributed by atoms with Crippen LogP contribution in [0.15, 0.2) is 89.5 Å². The van der Waals surface area contributed by atoms with Gasteiger partial charge in [0.05, 0.1) is 16.8 Å². The second-order valence-electron chi connectivity index (χ2n) is 8.71. The zero-order valence-electron chi connectivity index (χ0n) is 20.5. The van der Waals surface area contributed by atoms with Gasteiger partial charge in [-0.15, -0.1) is 11.3 Å². The zero-order chi connectivity index (χ0) is 26.2. The van der Waals surface area contributed by atoms with Crippen LogP contribution in [0.5, 0.6) is 0 Å². The molecule has 0 radical (unpaired) electrons. The summed E-state index contributed by atoms with van der Waals surface area (Å²) in [4.78, 5) is 27.5. The van der Waals surface area contributed by atoms with E-state index in [1.807, 2.05) is 73.7 Å². The van der Waals surface area contributed by atoms with Gasteiger partial charge in [0.2, 0.25) is 0 Å². The number of Topliss-reactive ketones (excluding diaryl/α,β-unsaturated/α-hetero) is 1. The highest BCUT2D eigenvalue weighted by atomic mass is 35.5. The molecule has 0 unspecified atom stereocenters. The van der Waals surface area contributed by atoms with Gasteiger partial charge in [-0.1, -0.05) is 48.0 Å². The Balaban J connectivity index is 1.66. The molecule has 7 nitrogen and oxygen atoms in total. The zero-order valence-corrected chi connectivity index (χ0v) is 22.1. The molecule has 0 fully saturated rings. The number of hydrogen-bond donors (Lipinski definition) is 1. The Morgan fingerprint density at radius 3 is 2.53 bits per heavy atom. The third-order valence-corrected chi connectivity index (χ3v) is 7.31. The summed E-state index contributed by atoms with van der Waals surface area (Å²) in [5.41, 5.74) is 6.19. The predicted molar refractivity (Wildman–Crippen MR) is 151 cm³/mol. The highest BCUT2D eigenvalue weighted by Gasteiger charge is 2.22. The van der Waals surface area contributed by atoms with Crippen molar-refractivity contribution in [1.29, 1.82) is 0 Å². The summed E-state index contributed by atoms with van der Waals surface area (Å²) < 4.78 is 2.09. The number of rotatable bonds is 5. The fourth-order valence-corrected chi connectivity index (χ4v) is 5.64. The number of aromatic nitrogens is 5. The van der Waals surface area contributed by atoms with E-state index in [0.29, 0.717) is 33.1 Å². The summed E-state index contributed by atoms with van der Waals surface area (Å²) >= 11 is 7.66. The van der Waals surface area contributed by atoms with Crippen molar-refractivity contribution in [2.45, 2.75) is 13.8 Å². The van der Waals surface area contributed by atoms with Gasteiger partial charge in [-0.3, -0.25) is 19.4 Å². The number of halogens is 1. The van der Waals surface area contributed by atoms with Crippen LogP contribution in [-0.4, -0.2) is 30.5 Å². The van der Waals surface area contributed by atoms with Crippen molar-refractivity contribution in [3.63, 3.8) is 0 Å². The molecule has 1 N–H and O–H groups in total. The van der Waals surface area contributed by atoms with Crippen molar-refractivity contribution < 1.29 is 4.79 Å². The van der Waals surface area contributed by atoms with Gasteiger partial charge in [-0.05, 0) is 49.7 Å². The highest BCUT2D eigenvalue weighted by molar-refractivity contribution is 7.07. The van der Waals surface area contributed by atoms with Crippen LogP contribution < -0.4 is 4.80 Å². The number of H-pyrrole nitrogens is 1. The average molecular weight is 537 g/mol. The Morgan fingerprint density at radius 2 is 1.82 bits per heavy atom. The van der Waals surface area contributed by atoms with E-state index in [0.717, 1.165) is 32.9 Å². The van der Waals surface area contributed by atoms with Crippen molar-refractivity contribution in [3.05, 3.63) is 106 Å². The molecule has 0 amide bonds. The minimum absolute atomic E-state index is 0.0802. The largest absolute Gasteiger partial charge is 0.294 e. The number of fused-ring (bicyclic) bond motifs is 1. The fraction of sp³-hybridized carbons (Fsp3) is 0.0690. The third kappa shape index (κ3) is 4.23. The molecule has 4 aromatic heterocycles. The Bertz CT molecular complexity index is 1860. The standard InChI is InChI=1S/C29H21ClN6OS/c1-17-24(18(2)37)25(20-7-6-14-31-15-20)26-27(32-17)34-35-28(26)33-29-36(22-8-4-3-5-9-22)23(16-38-29)19-10-12-21(30)13-11-19/h3-16H,1-2H3,(H,32,34,35). The Kier molecular flexibility index (Phi) is 6.19. The summed E-state index contributed by atoms with van der Waals surface area (Å²) in [7, 11) is 0. The van der Waals surface area contributed by atoms with Gasteiger partial charge < -0.3 is 0 Å². The van der Waals surface area contributed by atoms with Gasteiger partial charge in [-0.25, -0.2) is 4.98 Å². The maximum atomic E-state index is 12.8. The number of aryl methyl sites for hydroxylation is 1. The van der Waals surface area contributed by atoms with E-state index in [1.165, 1.54) is 11.3 Å². The summed E-state index contributed by atoms with van der Waals surface area (Å²) in [6.07, 6.45) is 3.45. The normalized spacial score (nSPS) is 11.8. The molecule has 0 saturated carbocycles. The number of para-hydroxylation sites is 1. The minimum Gasteiger partial charge on any atom is -0.294 e. The van der Waals surface area contributed by atoms with Crippen LogP contribution >= 0.6 is 22.9 Å². The first-order valence-electron chi connectivity index (χ1n) is 11.9. The van der Waals surface area contributed by atoms with E-state index in [1.54, 1.807) is 19.3 Å². The van der Waals surface area contributed by atoms with Crippen LogP contribution in [0.3, 0.4) is 0 Å². The average Bonchev–Trinajstić information content (AvgIpc) is 3.53. The van der Waals surface area contributed by atoms with E-state index >= 15 is 0 Å². The van der Waals surface area contributed by atoms with Gasteiger partial charge in [0.1, 0.15) is 0 Å². The first kappa shape index (κ1) is 24.0. The number of aromatic amines is 1. The second kappa shape index (κ2) is 9.81. The van der Waals surface area contributed by atoms with Crippen molar-refractivity contribution in [2.75, 3.05) is 0 Å². The number of nitrogens with one attached hydrogen (secondary N) is 1. The predicted octanol–water partition coefficient (Wildman–Crippen LogP) is 6.94. The lowest BCUT2D eigenvalue weighted by molar-refractivity contribution is 0.101. The molecular formula is C29H21ClN6OS. The number of pyridine rings is 2. The number of ketones is 1. The van der Waals surface area contributed by atoms with Crippen molar-refractivity contribution in [3.8, 4) is 28.1 Å². The highest BCUT2D eigenvalue weighted by Crippen LogP contribution is 2.37. The summed E-state index contributed by atoms with van der Waals surface area (Å²) in [6.45, 7) is 3.38. The topological polar surface area (TPSA) is 88.8 Å². The van der Waals surface area contributed by atoms with Gasteiger partial charge in [-0.2, -0.15) is 10.1 Å². The van der Waals surface area contributed by atoms with Crippen molar-refractivity contribution in [2.24, 2.45) is 4.99 Å². The van der Waals surface area contributed by atoms with Gasteiger partial charge in [0.15, 0.2) is 22.0 Å². The molecule has 0 aliphatic carbocycles. The Morgan fingerprint density at radius 1 is 1.03 bits per heavy atom. The number of benzene rings is 2. The SMILES string of the molecule is CC(=O)c1c(C)nc2[nH]nc(N=c3scc(-c4ccc(Cl)cc4)n3-c3ccccc3)c2c1-c1cccnc1. The maximum absolute atomic E-state index is 12.8. The molecule has 6 aromatic rings. The summed E-state index contributed by atoms with van der Waals surface area (Å²) in [5, 5.41) is 11.0. The molecule has 0 aliphatic heterocycles. The number of carbonyl (C=O) groups excluding carboxylic acids is 1. The van der Waals surface area contributed by atoms with Crippen LogP contribution in [0.2, 0.25) is 5.02 Å². The lowest BCUT2D eigenvalue weighted by Gasteiger charge is -2.12. The van der Waals surface area contributed by atoms with Crippen LogP contribution in [0, 0.1) is 6.92 Å². The molecule has 0 aliphatic rings. The fourth-order valence-electron chi connectivity index (χ4n) is 4.60. The first-order chi connectivity index (χ1) is 18.5. The van der Waals surface area contributed by atoms with Gasteiger partial charge >= 0.3 is 0 Å². The van der Waals surface area contributed by atoms with E-state index in [4.69, 9.17) is 16.6 Å². The van der Waals surface area contributed by atoms with Crippen LogP contribution in [0.4, 0.5) is 5.82 Å². The molecular weight excluding hydrogens is 516 g/mol. The second-order valence-corrected chi connectivity index (χ2v) is 9.98. The van der Waals surface area contributed by atoms with E-state index in [-0.39, 0.29) is 5.78 Å². The third-order valence-electron chi connectivity index (χ3n) is 6.24. The lowest BCUT2D eigenvalue weighted by Crippen LogP contribution is -2.13. The van der Waals surface area contributed by atoms with Gasteiger partial charge in [0.25, 0.3) is 0 Å². The molecule has 4 heterocycles. The molecule has 186 valence electrons. The van der Waals surface area contributed by atoms with E-state index < -0.39 is 0 Å². The molecule has 38 heavy (non-hydrogen) atoms. The monoisotopic (exact) mass is 536 g/mol. The molecule has 0 bridgehead atoms. The molecule has 6 rings (SSSR count). The first-order valence-corrected chi connectivity index (χ1v) is 13.1. The van der Waals surface area contributed by atoms with E-state index in [9.17, 15) is 4.79 Å². The number of carbonyl (C=O) groups is 1. The molecule has 0 spiro atoms. The Hall–Kier alpha value is -4.40. The summed E-state index contributed by atoms with van der Waals surface area (Å²) in [5.74, 6) is 0.367. The number of hydrogen-bond acceptors (Lipinski definition) is 6. The van der Waals surface area contributed by atoms with Gasteiger partial charge in [0, 0.05) is 45.2 Å². The lowest BCUT2D eigenvalue weighted by atomic mass is 9.95. The molecule has 9 heteroatoms. The maximum Gasteiger partial charge on any atom is 0.196 e. The van der Waals surface area contributed by atoms with Crippen LogP contribution in [0.25, 0.3) is 39.1 Å². The molecule has 0 atom stereocenters. The van der Waals surface area contributed by atoms with E-state index in [2.05, 4.69) is 30.1 Å². The smallest absolute Gasteiger partial charge is 0.196 e. The Labute approximate surface area is 227 Å². The van der Waals surface area contributed by atoms with Crippen LogP contribution in [0.1, 0.15) is 23.0 Å². The molecule has 0 saturated heterocycles. The number of nitrogens with zero attached hydrogens (tertiary/aromatic N) is 5. The van der Waals surface area contributed by atoms with Crippen molar-refractivity contribution in [1.82, 2.24) is 24.7 Å². The van der Waals surface area contributed by atoms with Crippen molar-refractivity contribution >= 4 is 45.6 Å². The van der Waals surface area contributed by atoms with Crippen LogP contribution in [-0.2, 0) is 0 Å². The number of thiazole rings is 1. The molecule has 2 aromatic carbocycles. The minimum atomic E-state index is -0.0802. The quantitative estimate of drug-likeness (QED) is 0.242.